The molecule has 2 aliphatic heterocycles. The number of hydrogen-bond acceptors (Lipinski definition) is 5. The molecule has 0 spiro atoms. The largest absolute Gasteiger partial charge is 0.486 e. The predicted octanol–water partition coefficient (Wildman–Crippen LogP) is 3.42. The van der Waals surface area contributed by atoms with Gasteiger partial charge < -0.3 is 24.8 Å². The zero-order valence-corrected chi connectivity index (χ0v) is 21.8. The lowest BCUT2D eigenvalue weighted by molar-refractivity contribution is -0.0212. The van der Waals surface area contributed by atoms with E-state index in [9.17, 15) is 0 Å². The number of nitrogens with zero attached hydrogens (tertiary/aromatic N) is 2. The smallest absolute Gasteiger partial charge is 0.191 e. The van der Waals surface area contributed by atoms with Crippen LogP contribution < -0.4 is 20.1 Å². The summed E-state index contributed by atoms with van der Waals surface area (Å²) in [5, 5.41) is 6.71. The molecule has 2 unspecified atom stereocenters. The summed E-state index contributed by atoms with van der Waals surface area (Å²) in [7, 11) is 0. The zero-order valence-electron chi connectivity index (χ0n) is 19.5. The molecule has 2 N–H and O–H groups in total. The fourth-order valence-electron chi connectivity index (χ4n) is 4.01. The SMILES string of the molecule is CCNC(=NCc1cccc(CN2CCOC(C)C2)c1)NCC1COc2ccccc2O1.I. The molecule has 0 saturated carbocycles. The minimum atomic E-state index is -0.0620. The van der Waals surface area contributed by atoms with Gasteiger partial charge in [-0.25, -0.2) is 4.99 Å². The van der Waals surface area contributed by atoms with Crippen LogP contribution in [0.25, 0.3) is 0 Å². The van der Waals surface area contributed by atoms with Gasteiger partial charge in [-0.05, 0) is 37.1 Å². The van der Waals surface area contributed by atoms with Crippen molar-refractivity contribution in [2.24, 2.45) is 4.99 Å². The molecule has 33 heavy (non-hydrogen) atoms. The molecular weight excluding hydrogens is 531 g/mol. The van der Waals surface area contributed by atoms with Crippen molar-refractivity contribution in [2.75, 3.05) is 39.4 Å². The number of rotatable bonds is 7. The number of hydrogen-bond donors (Lipinski definition) is 2. The molecule has 0 bridgehead atoms. The third kappa shape index (κ3) is 7.75. The van der Waals surface area contributed by atoms with Crippen LogP contribution in [0.5, 0.6) is 11.5 Å². The Balaban J connectivity index is 0.00000306. The van der Waals surface area contributed by atoms with Gasteiger partial charge in [0.2, 0.25) is 0 Å². The summed E-state index contributed by atoms with van der Waals surface area (Å²) in [5.41, 5.74) is 2.52. The molecule has 2 aromatic rings. The number of guanidine groups is 1. The Morgan fingerprint density at radius 1 is 1.09 bits per heavy atom. The van der Waals surface area contributed by atoms with Crippen LogP contribution in [-0.4, -0.2) is 62.5 Å². The molecule has 1 saturated heterocycles. The van der Waals surface area contributed by atoms with Crippen molar-refractivity contribution in [2.45, 2.75) is 39.1 Å². The third-order valence-corrected chi connectivity index (χ3v) is 5.55. The molecule has 7 nitrogen and oxygen atoms in total. The molecule has 2 aromatic carbocycles. The van der Waals surface area contributed by atoms with Crippen molar-refractivity contribution in [3.8, 4) is 11.5 Å². The van der Waals surface area contributed by atoms with Gasteiger partial charge in [0.1, 0.15) is 12.7 Å². The summed E-state index contributed by atoms with van der Waals surface area (Å²) >= 11 is 0. The highest BCUT2D eigenvalue weighted by molar-refractivity contribution is 14.0. The number of nitrogens with one attached hydrogen (secondary N) is 2. The van der Waals surface area contributed by atoms with E-state index in [1.54, 1.807) is 0 Å². The van der Waals surface area contributed by atoms with E-state index >= 15 is 0 Å². The van der Waals surface area contributed by atoms with Crippen LogP contribution >= 0.6 is 24.0 Å². The maximum atomic E-state index is 6.03. The summed E-state index contributed by atoms with van der Waals surface area (Å²) in [6, 6.07) is 16.5. The summed E-state index contributed by atoms with van der Waals surface area (Å²) < 4.78 is 17.5. The van der Waals surface area contributed by atoms with Crippen molar-refractivity contribution in [3.63, 3.8) is 0 Å². The third-order valence-electron chi connectivity index (χ3n) is 5.55. The van der Waals surface area contributed by atoms with Gasteiger partial charge in [-0.15, -0.1) is 24.0 Å². The second-order valence-corrected chi connectivity index (χ2v) is 8.31. The number of halogens is 1. The Morgan fingerprint density at radius 2 is 1.91 bits per heavy atom. The maximum absolute atomic E-state index is 6.03. The van der Waals surface area contributed by atoms with E-state index in [0.717, 1.165) is 50.2 Å². The Bertz CT molecular complexity index is 911. The average Bonchev–Trinajstić information content (AvgIpc) is 2.81. The number of para-hydroxylation sites is 2. The monoisotopic (exact) mass is 566 g/mol. The first kappa shape index (κ1) is 25.6. The fraction of sp³-hybridized carbons (Fsp3) is 0.480. The van der Waals surface area contributed by atoms with Crippen LogP contribution in [0, 0.1) is 0 Å². The molecule has 0 aromatic heterocycles. The van der Waals surface area contributed by atoms with Gasteiger partial charge in [0.05, 0.1) is 25.8 Å². The number of morpholine rings is 1. The van der Waals surface area contributed by atoms with Gasteiger partial charge >= 0.3 is 0 Å². The van der Waals surface area contributed by atoms with Crippen molar-refractivity contribution in [3.05, 3.63) is 59.7 Å². The second kappa shape index (κ2) is 13.0. The van der Waals surface area contributed by atoms with Crippen LogP contribution in [0.15, 0.2) is 53.5 Å². The quantitative estimate of drug-likeness (QED) is 0.304. The van der Waals surface area contributed by atoms with Gasteiger partial charge in [-0.2, -0.15) is 0 Å². The second-order valence-electron chi connectivity index (χ2n) is 8.31. The lowest BCUT2D eigenvalue weighted by Crippen LogP contribution is -2.45. The average molecular weight is 566 g/mol. The van der Waals surface area contributed by atoms with Crippen molar-refractivity contribution >= 4 is 29.9 Å². The molecule has 0 radical (unpaired) electrons. The van der Waals surface area contributed by atoms with Gasteiger partial charge in [0, 0.05) is 26.2 Å². The summed E-state index contributed by atoms with van der Waals surface area (Å²) in [4.78, 5) is 7.23. The first-order chi connectivity index (χ1) is 15.7. The molecule has 180 valence electrons. The van der Waals surface area contributed by atoms with E-state index < -0.39 is 0 Å². The van der Waals surface area contributed by atoms with Gasteiger partial charge in [-0.1, -0.05) is 36.4 Å². The van der Waals surface area contributed by atoms with Crippen molar-refractivity contribution in [1.82, 2.24) is 15.5 Å². The minimum Gasteiger partial charge on any atom is -0.486 e. The van der Waals surface area contributed by atoms with E-state index in [4.69, 9.17) is 19.2 Å². The van der Waals surface area contributed by atoms with Gasteiger partial charge in [0.25, 0.3) is 0 Å². The van der Waals surface area contributed by atoms with E-state index in [0.29, 0.717) is 25.8 Å². The highest BCUT2D eigenvalue weighted by Gasteiger charge is 2.20. The molecule has 0 aliphatic carbocycles. The maximum Gasteiger partial charge on any atom is 0.191 e. The van der Waals surface area contributed by atoms with Crippen molar-refractivity contribution in [1.29, 1.82) is 0 Å². The fourth-order valence-corrected chi connectivity index (χ4v) is 4.01. The summed E-state index contributed by atoms with van der Waals surface area (Å²) in [6.45, 7) is 10.5. The molecule has 2 aliphatic rings. The number of ether oxygens (including phenoxy) is 3. The summed E-state index contributed by atoms with van der Waals surface area (Å²) in [5.74, 6) is 2.37. The lowest BCUT2D eigenvalue weighted by Gasteiger charge is -2.31. The Kier molecular flexibility index (Phi) is 10.1. The first-order valence-corrected chi connectivity index (χ1v) is 11.5. The topological polar surface area (TPSA) is 67.4 Å². The first-order valence-electron chi connectivity index (χ1n) is 11.5. The van der Waals surface area contributed by atoms with Crippen LogP contribution in [0.1, 0.15) is 25.0 Å². The molecule has 0 amide bonds. The van der Waals surface area contributed by atoms with Crippen LogP contribution in [0.2, 0.25) is 0 Å². The molecule has 8 heteroatoms. The molecule has 4 rings (SSSR count). The minimum absolute atomic E-state index is 0. The lowest BCUT2D eigenvalue weighted by atomic mass is 10.1. The van der Waals surface area contributed by atoms with E-state index in [2.05, 4.69) is 53.6 Å². The molecule has 2 atom stereocenters. The van der Waals surface area contributed by atoms with Gasteiger partial charge in [0.15, 0.2) is 17.5 Å². The molecule has 2 heterocycles. The van der Waals surface area contributed by atoms with E-state index in [-0.39, 0.29) is 30.1 Å². The van der Waals surface area contributed by atoms with Crippen LogP contribution in [-0.2, 0) is 17.8 Å². The van der Waals surface area contributed by atoms with E-state index in [1.807, 2.05) is 24.3 Å². The molecule has 1 fully saturated rings. The number of benzene rings is 2. The highest BCUT2D eigenvalue weighted by Crippen LogP contribution is 2.30. The van der Waals surface area contributed by atoms with E-state index in [1.165, 1.54) is 11.1 Å². The Labute approximate surface area is 213 Å². The highest BCUT2D eigenvalue weighted by atomic mass is 127. The van der Waals surface area contributed by atoms with Crippen molar-refractivity contribution < 1.29 is 14.2 Å². The standard InChI is InChI=1S/C25H34N4O3.HI/c1-3-26-25(28-15-22-18-31-23-9-4-5-10-24(23)32-22)27-14-20-7-6-8-21(13-20)17-29-11-12-30-19(2)16-29;/h4-10,13,19,22H,3,11-12,14-18H2,1-2H3,(H2,26,27,28);1H. The Morgan fingerprint density at radius 3 is 2.73 bits per heavy atom. The predicted molar refractivity (Wildman–Crippen MR) is 142 cm³/mol. The van der Waals surface area contributed by atoms with Gasteiger partial charge in [-0.3, -0.25) is 4.90 Å². The number of aliphatic imine (C=N–C) groups is 1. The zero-order chi connectivity index (χ0) is 22.2. The van der Waals surface area contributed by atoms with Crippen LogP contribution in [0.4, 0.5) is 0 Å². The molecular formula is C25H35IN4O3. The normalized spacial score (nSPS) is 20.6. The Hall–Kier alpha value is -2.04. The summed E-state index contributed by atoms with van der Waals surface area (Å²) in [6.07, 6.45) is 0.241. The van der Waals surface area contributed by atoms with Crippen LogP contribution in [0.3, 0.4) is 0 Å². The number of fused-ring (bicyclic) bond motifs is 1.